The number of aryl methyl sites for hydroxylation is 1. The molecule has 0 bridgehead atoms. The summed E-state index contributed by atoms with van der Waals surface area (Å²) < 4.78 is 0. The lowest BCUT2D eigenvalue weighted by atomic mass is 10.0. The molecule has 0 radical (unpaired) electrons. The summed E-state index contributed by atoms with van der Waals surface area (Å²) >= 11 is 0. The van der Waals surface area contributed by atoms with Crippen LogP contribution in [0.15, 0.2) is 42.5 Å². The third kappa shape index (κ3) is 3.47. The van der Waals surface area contributed by atoms with Crippen molar-refractivity contribution in [3.63, 3.8) is 0 Å². The van der Waals surface area contributed by atoms with E-state index in [0.29, 0.717) is 0 Å². The second-order valence-corrected chi connectivity index (χ2v) is 5.20. The van der Waals surface area contributed by atoms with E-state index in [1.807, 2.05) is 19.2 Å². The Balaban J connectivity index is 2.17. The highest BCUT2D eigenvalue weighted by Gasteiger charge is 2.02. The molecule has 2 nitrogen and oxygen atoms in total. The van der Waals surface area contributed by atoms with Gasteiger partial charge >= 0.3 is 0 Å². The normalized spacial score (nSPS) is 11.2. The fraction of sp³-hybridized carbons (Fsp3) is 0.278. The highest BCUT2D eigenvalue weighted by Crippen LogP contribution is 2.18. The van der Waals surface area contributed by atoms with Crippen LogP contribution in [-0.2, 0) is 4.79 Å². The molecule has 2 aromatic rings. The van der Waals surface area contributed by atoms with Crippen molar-refractivity contribution in [2.75, 3.05) is 13.6 Å². The largest absolute Gasteiger partial charge is 0.342 e. The first-order valence-electron chi connectivity index (χ1n) is 7.04. The maximum absolute atomic E-state index is 11.9. The summed E-state index contributed by atoms with van der Waals surface area (Å²) in [5, 5.41) is 2.43. The van der Waals surface area contributed by atoms with E-state index >= 15 is 0 Å². The fourth-order valence-corrected chi connectivity index (χ4v) is 2.23. The Morgan fingerprint density at radius 2 is 1.85 bits per heavy atom. The van der Waals surface area contributed by atoms with Crippen LogP contribution in [0.25, 0.3) is 16.8 Å². The Morgan fingerprint density at radius 3 is 2.60 bits per heavy atom. The Kier molecular flexibility index (Phi) is 4.57. The SMILES string of the molecule is CCCN(C)C(=O)/C=C/c1ccc2cc(C)ccc2c1. The van der Waals surface area contributed by atoms with Crippen LogP contribution < -0.4 is 0 Å². The minimum absolute atomic E-state index is 0.0517. The molecule has 0 spiro atoms. The Hall–Kier alpha value is -2.09. The summed E-state index contributed by atoms with van der Waals surface area (Å²) in [6.45, 7) is 4.95. The summed E-state index contributed by atoms with van der Waals surface area (Å²) in [7, 11) is 1.83. The molecule has 0 aliphatic carbocycles. The third-order valence-electron chi connectivity index (χ3n) is 3.37. The summed E-state index contributed by atoms with van der Waals surface area (Å²) in [4.78, 5) is 13.6. The smallest absolute Gasteiger partial charge is 0.246 e. The maximum atomic E-state index is 11.9. The molecule has 0 saturated carbocycles. The van der Waals surface area contributed by atoms with Crippen molar-refractivity contribution in [3.8, 4) is 0 Å². The van der Waals surface area contributed by atoms with Gasteiger partial charge in [0.2, 0.25) is 5.91 Å². The van der Waals surface area contributed by atoms with Gasteiger partial charge in [-0.15, -0.1) is 0 Å². The first kappa shape index (κ1) is 14.3. The van der Waals surface area contributed by atoms with E-state index in [1.165, 1.54) is 16.3 Å². The summed E-state index contributed by atoms with van der Waals surface area (Å²) in [5.41, 5.74) is 2.32. The van der Waals surface area contributed by atoms with Gasteiger partial charge < -0.3 is 4.90 Å². The van der Waals surface area contributed by atoms with Crippen molar-refractivity contribution in [2.24, 2.45) is 0 Å². The van der Waals surface area contributed by atoms with Gasteiger partial charge in [0, 0.05) is 19.7 Å². The molecule has 1 amide bonds. The minimum Gasteiger partial charge on any atom is -0.342 e. The number of likely N-dealkylation sites (N-methyl/N-ethyl adjacent to an activating group) is 1. The van der Waals surface area contributed by atoms with Gasteiger partial charge in [-0.05, 0) is 41.8 Å². The number of rotatable bonds is 4. The monoisotopic (exact) mass is 267 g/mol. The van der Waals surface area contributed by atoms with Crippen LogP contribution in [0.4, 0.5) is 0 Å². The van der Waals surface area contributed by atoms with Crippen LogP contribution in [0, 0.1) is 6.92 Å². The fourth-order valence-electron chi connectivity index (χ4n) is 2.23. The average molecular weight is 267 g/mol. The van der Waals surface area contributed by atoms with Gasteiger partial charge in [0.1, 0.15) is 0 Å². The number of carbonyl (C=O) groups is 1. The second kappa shape index (κ2) is 6.38. The van der Waals surface area contributed by atoms with Gasteiger partial charge in [0.05, 0.1) is 0 Å². The lowest BCUT2D eigenvalue weighted by molar-refractivity contribution is -0.124. The van der Waals surface area contributed by atoms with Crippen LogP contribution >= 0.6 is 0 Å². The number of fused-ring (bicyclic) bond motifs is 1. The van der Waals surface area contributed by atoms with E-state index in [4.69, 9.17) is 0 Å². The standard InChI is InChI=1S/C18H21NO/c1-4-11-19(3)18(20)10-7-15-6-9-16-12-14(2)5-8-17(16)13-15/h5-10,12-13H,4,11H2,1-3H3/b10-7+. The van der Waals surface area contributed by atoms with Crippen LogP contribution in [0.2, 0.25) is 0 Å². The molecule has 2 heteroatoms. The summed E-state index contributed by atoms with van der Waals surface area (Å²) in [6, 6.07) is 12.7. The van der Waals surface area contributed by atoms with Crippen LogP contribution in [0.3, 0.4) is 0 Å². The highest BCUT2D eigenvalue weighted by atomic mass is 16.2. The lowest BCUT2D eigenvalue weighted by Gasteiger charge is -2.12. The molecule has 0 fully saturated rings. The number of hydrogen-bond donors (Lipinski definition) is 0. The van der Waals surface area contributed by atoms with Gasteiger partial charge in [-0.3, -0.25) is 4.79 Å². The molecule has 0 aliphatic rings. The number of carbonyl (C=O) groups excluding carboxylic acids is 1. The quantitative estimate of drug-likeness (QED) is 0.766. The molecule has 0 atom stereocenters. The third-order valence-corrected chi connectivity index (χ3v) is 3.37. The predicted octanol–water partition coefficient (Wildman–Crippen LogP) is 4.03. The van der Waals surface area contributed by atoms with E-state index in [9.17, 15) is 4.79 Å². The Morgan fingerprint density at radius 1 is 1.15 bits per heavy atom. The van der Waals surface area contributed by atoms with E-state index in [0.717, 1.165) is 18.5 Å². The summed E-state index contributed by atoms with van der Waals surface area (Å²) in [6.07, 6.45) is 4.50. The lowest BCUT2D eigenvalue weighted by Crippen LogP contribution is -2.25. The van der Waals surface area contributed by atoms with Crippen molar-refractivity contribution in [1.29, 1.82) is 0 Å². The zero-order valence-electron chi connectivity index (χ0n) is 12.4. The van der Waals surface area contributed by atoms with Crippen molar-refractivity contribution < 1.29 is 4.79 Å². The topological polar surface area (TPSA) is 20.3 Å². The molecule has 2 rings (SSSR count). The number of amides is 1. The molecule has 104 valence electrons. The van der Waals surface area contributed by atoms with Gasteiger partial charge in [0.15, 0.2) is 0 Å². The minimum atomic E-state index is 0.0517. The molecule has 2 aromatic carbocycles. The molecule has 0 saturated heterocycles. The highest BCUT2D eigenvalue weighted by molar-refractivity contribution is 5.93. The maximum Gasteiger partial charge on any atom is 0.246 e. The number of benzene rings is 2. The zero-order chi connectivity index (χ0) is 14.5. The first-order chi connectivity index (χ1) is 9.60. The van der Waals surface area contributed by atoms with Gasteiger partial charge in [-0.25, -0.2) is 0 Å². The summed E-state index contributed by atoms with van der Waals surface area (Å²) in [5.74, 6) is 0.0517. The Bertz CT molecular complexity index is 643. The molecule has 0 heterocycles. The Labute approximate surface area is 120 Å². The molecular formula is C18H21NO. The van der Waals surface area contributed by atoms with Gasteiger partial charge in [-0.2, -0.15) is 0 Å². The first-order valence-corrected chi connectivity index (χ1v) is 7.04. The molecule has 0 N–H and O–H groups in total. The van der Waals surface area contributed by atoms with Crippen molar-refractivity contribution in [1.82, 2.24) is 4.90 Å². The molecule has 20 heavy (non-hydrogen) atoms. The molecule has 0 aromatic heterocycles. The van der Waals surface area contributed by atoms with Crippen LogP contribution in [0.1, 0.15) is 24.5 Å². The number of hydrogen-bond acceptors (Lipinski definition) is 1. The molecule has 0 aliphatic heterocycles. The zero-order valence-corrected chi connectivity index (χ0v) is 12.4. The number of nitrogens with zero attached hydrogens (tertiary/aromatic N) is 1. The van der Waals surface area contributed by atoms with Crippen molar-refractivity contribution in [2.45, 2.75) is 20.3 Å². The second-order valence-electron chi connectivity index (χ2n) is 5.20. The van der Waals surface area contributed by atoms with Crippen LogP contribution in [0.5, 0.6) is 0 Å². The predicted molar refractivity (Wildman–Crippen MR) is 85.6 cm³/mol. The van der Waals surface area contributed by atoms with Gasteiger partial charge in [0.25, 0.3) is 0 Å². The van der Waals surface area contributed by atoms with E-state index < -0.39 is 0 Å². The average Bonchev–Trinajstić information content (AvgIpc) is 2.44. The molecule has 0 unspecified atom stereocenters. The van der Waals surface area contributed by atoms with Gasteiger partial charge in [-0.1, -0.05) is 42.8 Å². The van der Waals surface area contributed by atoms with Crippen LogP contribution in [-0.4, -0.2) is 24.4 Å². The van der Waals surface area contributed by atoms with E-state index in [1.54, 1.807) is 11.0 Å². The van der Waals surface area contributed by atoms with Crippen molar-refractivity contribution >= 4 is 22.8 Å². The van der Waals surface area contributed by atoms with Crippen molar-refractivity contribution in [3.05, 3.63) is 53.6 Å². The van der Waals surface area contributed by atoms with E-state index in [-0.39, 0.29) is 5.91 Å². The van der Waals surface area contributed by atoms with E-state index in [2.05, 4.69) is 44.2 Å². The molecular weight excluding hydrogens is 246 g/mol.